The van der Waals surface area contributed by atoms with E-state index in [-0.39, 0.29) is 42.3 Å². The summed E-state index contributed by atoms with van der Waals surface area (Å²) < 4.78 is 41.6. The molecule has 3 N–H and O–H groups in total. The molecule has 0 aliphatic carbocycles. The Kier molecular flexibility index (Phi) is 8.66. The van der Waals surface area contributed by atoms with Gasteiger partial charge in [0.1, 0.15) is 0 Å². The molecule has 3 aromatic carbocycles. The van der Waals surface area contributed by atoms with Crippen LogP contribution in [-0.2, 0) is 26.1 Å². The minimum absolute atomic E-state index is 0.0148. The molecule has 2 saturated heterocycles. The van der Waals surface area contributed by atoms with E-state index in [9.17, 15) is 18.6 Å². The molecule has 2 heterocycles. The summed E-state index contributed by atoms with van der Waals surface area (Å²) in [5, 5.41) is 19.3. The van der Waals surface area contributed by atoms with Crippen molar-refractivity contribution in [2.45, 2.75) is 55.8 Å². The minimum Gasteiger partial charge on any atom is -0.395 e. The zero-order valence-electron chi connectivity index (χ0n) is 22.0. The summed E-state index contributed by atoms with van der Waals surface area (Å²) in [6, 6.07) is 23.2. The van der Waals surface area contributed by atoms with E-state index in [1.54, 1.807) is 48.5 Å². The zero-order valence-corrected chi connectivity index (χ0v) is 22.8. The van der Waals surface area contributed by atoms with Crippen LogP contribution in [0.5, 0.6) is 0 Å². The first-order chi connectivity index (χ1) is 18.9. The Hall–Kier alpha value is -2.79. The van der Waals surface area contributed by atoms with Crippen LogP contribution in [0.4, 0.5) is 5.69 Å². The maximum Gasteiger partial charge on any atom is 0.261 e. The SMILES string of the molecule is CC1C(CN2CCCC2CO)OC(c2cccc(NS(=O)(=O)c3ccccc3)c2)OC1c1ccc(CO)cc1. The molecule has 2 aliphatic heterocycles. The average molecular weight is 553 g/mol. The molecule has 39 heavy (non-hydrogen) atoms. The van der Waals surface area contributed by atoms with Crippen LogP contribution in [0.15, 0.2) is 83.8 Å². The molecule has 2 fully saturated rings. The molecular formula is C30H36N2O6S. The molecule has 3 aromatic rings. The molecule has 0 amide bonds. The van der Waals surface area contributed by atoms with Gasteiger partial charge in [-0.15, -0.1) is 0 Å². The number of hydrogen-bond acceptors (Lipinski definition) is 7. The summed E-state index contributed by atoms with van der Waals surface area (Å²) in [7, 11) is -3.75. The predicted octanol–water partition coefficient (Wildman–Crippen LogP) is 4.23. The number of benzene rings is 3. The van der Waals surface area contributed by atoms with E-state index in [1.165, 1.54) is 0 Å². The van der Waals surface area contributed by atoms with Crippen molar-refractivity contribution in [3.05, 3.63) is 95.6 Å². The van der Waals surface area contributed by atoms with Gasteiger partial charge in [0.15, 0.2) is 6.29 Å². The molecule has 9 heteroatoms. The van der Waals surface area contributed by atoms with Crippen LogP contribution in [0.3, 0.4) is 0 Å². The second kappa shape index (κ2) is 12.2. The maximum absolute atomic E-state index is 12.9. The number of ether oxygens (including phenoxy) is 2. The third-order valence-corrected chi connectivity index (χ3v) is 9.11. The number of anilines is 1. The number of aliphatic hydroxyl groups excluding tert-OH is 2. The predicted molar refractivity (Wildman–Crippen MR) is 148 cm³/mol. The Morgan fingerprint density at radius 3 is 2.44 bits per heavy atom. The van der Waals surface area contributed by atoms with Crippen molar-refractivity contribution in [1.82, 2.24) is 4.90 Å². The molecule has 0 saturated carbocycles. The van der Waals surface area contributed by atoms with E-state index in [2.05, 4.69) is 16.5 Å². The normalized spacial score (nSPS) is 26.0. The minimum atomic E-state index is -3.75. The maximum atomic E-state index is 12.9. The smallest absolute Gasteiger partial charge is 0.261 e. The molecular weight excluding hydrogens is 516 g/mol. The van der Waals surface area contributed by atoms with Gasteiger partial charge in [-0.3, -0.25) is 9.62 Å². The second-order valence-corrected chi connectivity index (χ2v) is 12.0. The number of nitrogens with one attached hydrogen (secondary N) is 1. The third-order valence-electron chi connectivity index (χ3n) is 7.71. The molecule has 0 spiro atoms. The van der Waals surface area contributed by atoms with Gasteiger partial charge in [-0.05, 0) is 54.8 Å². The number of aliphatic hydroxyl groups is 2. The molecule has 5 rings (SSSR count). The Balaban J connectivity index is 1.42. The van der Waals surface area contributed by atoms with E-state index in [0.717, 1.165) is 30.5 Å². The largest absolute Gasteiger partial charge is 0.395 e. The molecule has 0 radical (unpaired) electrons. The highest BCUT2D eigenvalue weighted by atomic mass is 32.2. The number of nitrogens with zero attached hydrogens (tertiary/aromatic N) is 1. The number of rotatable bonds is 9. The van der Waals surface area contributed by atoms with Gasteiger partial charge in [0.2, 0.25) is 0 Å². The summed E-state index contributed by atoms with van der Waals surface area (Å²) in [5.41, 5.74) is 2.94. The molecule has 5 unspecified atom stereocenters. The van der Waals surface area contributed by atoms with Gasteiger partial charge in [-0.1, -0.05) is 61.5 Å². The molecule has 208 valence electrons. The quantitative estimate of drug-likeness (QED) is 0.365. The second-order valence-electron chi connectivity index (χ2n) is 10.3. The van der Waals surface area contributed by atoms with Crippen LogP contribution >= 0.6 is 0 Å². The average Bonchev–Trinajstić information content (AvgIpc) is 3.42. The zero-order chi connectivity index (χ0) is 27.4. The van der Waals surface area contributed by atoms with Crippen molar-refractivity contribution in [3.63, 3.8) is 0 Å². The van der Waals surface area contributed by atoms with E-state index in [0.29, 0.717) is 17.8 Å². The Labute approximate surface area is 230 Å². The first-order valence-corrected chi connectivity index (χ1v) is 14.9. The van der Waals surface area contributed by atoms with Gasteiger partial charge in [0.25, 0.3) is 10.0 Å². The number of sulfonamides is 1. The van der Waals surface area contributed by atoms with Crippen molar-refractivity contribution in [2.75, 3.05) is 24.4 Å². The third kappa shape index (κ3) is 6.35. The van der Waals surface area contributed by atoms with Gasteiger partial charge in [-0.25, -0.2) is 8.42 Å². The number of likely N-dealkylation sites (tertiary alicyclic amines) is 1. The lowest BCUT2D eigenvalue weighted by Crippen LogP contribution is -2.46. The molecule has 0 aromatic heterocycles. The van der Waals surface area contributed by atoms with Crippen molar-refractivity contribution in [1.29, 1.82) is 0 Å². The highest BCUT2D eigenvalue weighted by molar-refractivity contribution is 7.92. The fraction of sp³-hybridized carbons (Fsp3) is 0.400. The highest BCUT2D eigenvalue weighted by Gasteiger charge is 2.40. The van der Waals surface area contributed by atoms with E-state index >= 15 is 0 Å². The fourth-order valence-electron chi connectivity index (χ4n) is 5.46. The summed E-state index contributed by atoms with van der Waals surface area (Å²) in [4.78, 5) is 2.48. The first-order valence-electron chi connectivity index (χ1n) is 13.4. The molecule has 5 atom stereocenters. The first kappa shape index (κ1) is 27.8. The van der Waals surface area contributed by atoms with Crippen molar-refractivity contribution < 1.29 is 28.1 Å². The van der Waals surface area contributed by atoms with Gasteiger partial charge >= 0.3 is 0 Å². The summed E-state index contributed by atoms with van der Waals surface area (Å²) in [6.07, 6.45) is 0.837. The lowest BCUT2D eigenvalue weighted by atomic mass is 9.90. The molecule has 0 bridgehead atoms. The van der Waals surface area contributed by atoms with Crippen LogP contribution in [-0.4, -0.2) is 55.4 Å². The standard InChI is InChI=1S/C30H36N2O6S/c1-21-28(18-32-16-6-9-26(32)20-34)37-30(38-29(21)23-14-12-22(19-33)13-15-23)24-7-5-8-25(17-24)31-39(35,36)27-10-3-2-4-11-27/h2-5,7-8,10-15,17,21,26,28-31,33-34H,6,9,16,18-20H2,1H3. The van der Waals surface area contributed by atoms with E-state index in [1.807, 2.05) is 30.3 Å². The van der Waals surface area contributed by atoms with Crippen LogP contribution in [0.2, 0.25) is 0 Å². The lowest BCUT2D eigenvalue weighted by Gasteiger charge is -2.43. The Morgan fingerprint density at radius 1 is 0.949 bits per heavy atom. The highest BCUT2D eigenvalue weighted by Crippen LogP contribution is 2.42. The van der Waals surface area contributed by atoms with Crippen LogP contribution in [0.25, 0.3) is 0 Å². The van der Waals surface area contributed by atoms with Gasteiger partial charge in [-0.2, -0.15) is 0 Å². The van der Waals surface area contributed by atoms with Gasteiger partial charge in [0, 0.05) is 29.8 Å². The molecule has 8 nitrogen and oxygen atoms in total. The molecule has 2 aliphatic rings. The lowest BCUT2D eigenvalue weighted by molar-refractivity contribution is -0.276. The topological polar surface area (TPSA) is 108 Å². The van der Waals surface area contributed by atoms with Crippen LogP contribution in [0.1, 0.15) is 48.8 Å². The fourth-order valence-corrected chi connectivity index (χ4v) is 6.53. The van der Waals surface area contributed by atoms with Crippen LogP contribution < -0.4 is 4.72 Å². The summed E-state index contributed by atoms with van der Waals surface area (Å²) in [5.74, 6) is 0.0148. The monoisotopic (exact) mass is 552 g/mol. The number of hydrogen-bond donors (Lipinski definition) is 3. The van der Waals surface area contributed by atoms with E-state index < -0.39 is 16.3 Å². The summed E-state index contributed by atoms with van der Waals surface area (Å²) >= 11 is 0. The Morgan fingerprint density at radius 2 is 1.72 bits per heavy atom. The van der Waals surface area contributed by atoms with Crippen molar-refractivity contribution >= 4 is 15.7 Å². The summed E-state index contributed by atoms with van der Waals surface area (Å²) in [6.45, 7) is 3.78. The van der Waals surface area contributed by atoms with E-state index in [4.69, 9.17) is 9.47 Å². The Bertz CT molecular complexity index is 1340. The van der Waals surface area contributed by atoms with Crippen molar-refractivity contribution in [2.24, 2.45) is 5.92 Å². The van der Waals surface area contributed by atoms with Crippen LogP contribution in [0, 0.1) is 5.92 Å². The van der Waals surface area contributed by atoms with Gasteiger partial charge in [0.05, 0.1) is 30.3 Å². The van der Waals surface area contributed by atoms with Crippen molar-refractivity contribution in [3.8, 4) is 0 Å². The van der Waals surface area contributed by atoms with Gasteiger partial charge < -0.3 is 19.7 Å².